The molecule has 0 radical (unpaired) electrons. The number of hydrogen-bond donors (Lipinski definition) is 1. The summed E-state index contributed by atoms with van der Waals surface area (Å²) < 4.78 is 11.6. The zero-order valence-corrected chi connectivity index (χ0v) is 14.2. The van der Waals surface area contributed by atoms with E-state index in [1.54, 1.807) is 13.3 Å². The molecule has 1 aromatic carbocycles. The fraction of sp³-hybridized carbons (Fsp3) is 0.267. The van der Waals surface area contributed by atoms with Crippen molar-refractivity contribution in [3.63, 3.8) is 0 Å². The predicted octanol–water partition coefficient (Wildman–Crippen LogP) is 4.52. The molecule has 2 rings (SSSR count). The highest BCUT2D eigenvalue weighted by Crippen LogP contribution is 2.28. The van der Waals surface area contributed by atoms with Crippen LogP contribution in [0.1, 0.15) is 12.5 Å². The average molecular weight is 372 g/mol. The van der Waals surface area contributed by atoms with E-state index in [0.717, 1.165) is 27.2 Å². The topological polar surface area (TPSA) is 43.4 Å². The van der Waals surface area contributed by atoms with E-state index in [2.05, 4.69) is 26.2 Å². The summed E-state index contributed by atoms with van der Waals surface area (Å²) in [6, 6.07) is 7.76. The van der Waals surface area contributed by atoms with Crippen LogP contribution in [0.25, 0.3) is 0 Å². The molecule has 0 aliphatic rings. The highest BCUT2D eigenvalue weighted by molar-refractivity contribution is 9.10. The van der Waals surface area contributed by atoms with E-state index in [1.807, 2.05) is 31.2 Å². The number of anilines is 1. The number of hydrogen-bond acceptors (Lipinski definition) is 4. The molecule has 0 saturated carbocycles. The van der Waals surface area contributed by atoms with E-state index >= 15 is 0 Å². The molecule has 0 fully saturated rings. The van der Waals surface area contributed by atoms with Crippen molar-refractivity contribution < 1.29 is 9.47 Å². The number of nitrogens with one attached hydrogen (secondary N) is 1. The number of halogens is 2. The number of methoxy groups -OCH3 is 1. The Hall–Kier alpha value is -1.46. The third kappa shape index (κ3) is 4.25. The number of rotatable bonds is 6. The predicted molar refractivity (Wildman–Crippen MR) is 88.4 cm³/mol. The molecule has 0 amide bonds. The third-order valence-corrected chi connectivity index (χ3v) is 3.95. The van der Waals surface area contributed by atoms with E-state index in [9.17, 15) is 0 Å². The molecule has 0 saturated heterocycles. The lowest BCUT2D eigenvalue weighted by molar-refractivity contribution is 0.310. The van der Waals surface area contributed by atoms with Crippen molar-refractivity contribution in [2.75, 3.05) is 19.0 Å². The van der Waals surface area contributed by atoms with Crippen LogP contribution in [-0.4, -0.2) is 18.7 Å². The van der Waals surface area contributed by atoms with Crippen LogP contribution in [0.4, 0.5) is 5.69 Å². The molecule has 0 bridgehead atoms. The van der Waals surface area contributed by atoms with E-state index in [-0.39, 0.29) is 0 Å². The van der Waals surface area contributed by atoms with Crippen LogP contribution in [0.5, 0.6) is 11.5 Å². The first-order valence-corrected chi connectivity index (χ1v) is 7.65. The number of aromatic nitrogens is 1. The first-order chi connectivity index (χ1) is 10.1. The summed E-state index contributed by atoms with van der Waals surface area (Å²) >= 11 is 9.22. The van der Waals surface area contributed by atoms with Gasteiger partial charge in [-0.25, -0.2) is 4.98 Å². The zero-order chi connectivity index (χ0) is 15.2. The molecule has 0 unspecified atom stereocenters. The average Bonchev–Trinajstić information content (AvgIpc) is 2.49. The van der Waals surface area contributed by atoms with Gasteiger partial charge in [-0.2, -0.15) is 0 Å². The van der Waals surface area contributed by atoms with Crippen LogP contribution in [0.2, 0.25) is 5.15 Å². The summed E-state index contributed by atoms with van der Waals surface area (Å²) in [5.74, 6) is 1.48. The number of pyridine rings is 1. The second-order valence-corrected chi connectivity index (χ2v) is 5.48. The van der Waals surface area contributed by atoms with Gasteiger partial charge < -0.3 is 14.8 Å². The van der Waals surface area contributed by atoms with Crippen LogP contribution in [-0.2, 0) is 6.54 Å². The van der Waals surface area contributed by atoms with Gasteiger partial charge in [0, 0.05) is 6.54 Å². The second-order valence-electron chi connectivity index (χ2n) is 4.27. The monoisotopic (exact) mass is 370 g/mol. The molecule has 0 spiro atoms. The fourth-order valence-corrected chi connectivity index (χ4v) is 2.27. The van der Waals surface area contributed by atoms with E-state index < -0.39 is 0 Å². The van der Waals surface area contributed by atoms with Gasteiger partial charge in [0.2, 0.25) is 0 Å². The smallest absolute Gasteiger partial charge is 0.161 e. The molecule has 1 N–H and O–H groups in total. The first-order valence-electron chi connectivity index (χ1n) is 6.48. The maximum atomic E-state index is 5.87. The lowest BCUT2D eigenvalue weighted by Gasteiger charge is -2.12. The summed E-state index contributed by atoms with van der Waals surface area (Å²) in [4.78, 5) is 4.07. The van der Waals surface area contributed by atoms with Crippen molar-refractivity contribution >= 4 is 33.2 Å². The van der Waals surface area contributed by atoms with Crippen molar-refractivity contribution in [1.82, 2.24) is 4.98 Å². The Morgan fingerprint density at radius 2 is 2.10 bits per heavy atom. The Morgan fingerprint density at radius 3 is 2.76 bits per heavy atom. The Kier molecular flexibility index (Phi) is 5.70. The molecular formula is C15H16BrClN2O2. The molecule has 0 atom stereocenters. The van der Waals surface area contributed by atoms with Gasteiger partial charge in [0.25, 0.3) is 0 Å². The summed E-state index contributed by atoms with van der Waals surface area (Å²) in [5, 5.41) is 3.73. The first kappa shape index (κ1) is 15.9. The molecule has 1 heterocycles. The maximum absolute atomic E-state index is 5.87. The van der Waals surface area contributed by atoms with Gasteiger partial charge in [0.05, 0.1) is 30.1 Å². The van der Waals surface area contributed by atoms with Crippen LogP contribution in [0.3, 0.4) is 0 Å². The molecular weight excluding hydrogens is 356 g/mol. The third-order valence-electron chi connectivity index (χ3n) is 2.82. The molecule has 2 aromatic rings. The Morgan fingerprint density at radius 1 is 1.29 bits per heavy atom. The quantitative estimate of drug-likeness (QED) is 0.758. The summed E-state index contributed by atoms with van der Waals surface area (Å²) in [6.45, 7) is 3.21. The SMILES string of the molecule is CCOc1ccc(CNc2cnc(Cl)c(Br)c2)cc1OC. The van der Waals surface area contributed by atoms with Crippen LogP contribution in [0, 0.1) is 0 Å². The van der Waals surface area contributed by atoms with Gasteiger partial charge in [0.15, 0.2) is 11.5 Å². The van der Waals surface area contributed by atoms with Gasteiger partial charge in [-0.05, 0) is 46.6 Å². The molecule has 112 valence electrons. The minimum atomic E-state index is 0.447. The minimum absolute atomic E-state index is 0.447. The summed E-state index contributed by atoms with van der Waals surface area (Å²) in [5.41, 5.74) is 1.97. The van der Waals surface area contributed by atoms with Crippen molar-refractivity contribution in [2.24, 2.45) is 0 Å². The van der Waals surface area contributed by atoms with Gasteiger partial charge in [0.1, 0.15) is 5.15 Å². The fourth-order valence-electron chi connectivity index (χ4n) is 1.82. The number of ether oxygens (including phenoxy) is 2. The van der Waals surface area contributed by atoms with Crippen molar-refractivity contribution in [3.05, 3.63) is 45.7 Å². The molecule has 0 aliphatic carbocycles. The van der Waals surface area contributed by atoms with Gasteiger partial charge in [-0.3, -0.25) is 0 Å². The normalized spacial score (nSPS) is 10.3. The lowest BCUT2D eigenvalue weighted by Crippen LogP contribution is -2.01. The standard InChI is InChI=1S/C15H16BrClN2O2/c1-3-21-13-5-4-10(6-14(13)20-2)8-18-11-7-12(16)15(17)19-9-11/h4-7,9,18H,3,8H2,1-2H3. The van der Waals surface area contributed by atoms with E-state index in [0.29, 0.717) is 18.3 Å². The zero-order valence-electron chi connectivity index (χ0n) is 11.8. The van der Waals surface area contributed by atoms with Crippen LogP contribution in [0.15, 0.2) is 34.9 Å². The summed E-state index contributed by atoms with van der Waals surface area (Å²) in [6.07, 6.45) is 1.69. The van der Waals surface area contributed by atoms with Crippen molar-refractivity contribution in [3.8, 4) is 11.5 Å². The minimum Gasteiger partial charge on any atom is -0.493 e. The van der Waals surface area contributed by atoms with Gasteiger partial charge in [-0.15, -0.1) is 0 Å². The Labute approximate surface area is 137 Å². The number of nitrogens with zero attached hydrogens (tertiary/aromatic N) is 1. The highest BCUT2D eigenvalue weighted by atomic mass is 79.9. The second kappa shape index (κ2) is 7.52. The van der Waals surface area contributed by atoms with Gasteiger partial charge in [-0.1, -0.05) is 17.7 Å². The number of benzene rings is 1. The molecule has 4 nitrogen and oxygen atoms in total. The molecule has 1 aromatic heterocycles. The molecule has 21 heavy (non-hydrogen) atoms. The van der Waals surface area contributed by atoms with Crippen molar-refractivity contribution in [1.29, 1.82) is 0 Å². The van der Waals surface area contributed by atoms with E-state index in [4.69, 9.17) is 21.1 Å². The van der Waals surface area contributed by atoms with Gasteiger partial charge >= 0.3 is 0 Å². The highest BCUT2D eigenvalue weighted by Gasteiger charge is 2.06. The molecule has 6 heteroatoms. The van der Waals surface area contributed by atoms with Crippen LogP contribution >= 0.6 is 27.5 Å². The largest absolute Gasteiger partial charge is 0.493 e. The Bertz CT molecular complexity index is 623. The Balaban J connectivity index is 2.07. The molecule has 0 aliphatic heterocycles. The van der Waals surface area contributed by atoms with E-state index in [1.165, 1.54) is 0 Å². The van der Waals surface area contributed by atoms with Crippen molar-refractivity contribution in [2.45, 2.75) is 13.5 Å². The maximum Gasteiger partial charge on any atom is 0.161 e. The lowest BCUT2D eigenvalue weighted by atomic mass is 10.2. The summed E-state index contributed by atoms with van der Waals surface area (Å²) in [7, 11) is 1.63. The van der Waals surface area contributed by atoms with Crippen LogP contribution < -0.4 is 14.8 Å².